The average molecular weight is 253 g/mol. The number of halogens is 3. The van der Waals surface area contributed by atoms with Crippen molar-refractivity contribution < 1.29 is 18.0 Å². The number of rotatable bonds is 7. The van der Waals surface area contributed by atoms with Crippen molar-refractivity contribution in [3.8, 4) is 0 Å². The Morgan fingerprint density at radius 2 is 1.47 bits per heavy atom. The third-order valence-electron chi connectivity index (χ3n) is 2.87. The van der Waals surface area contributed by atoms with Gasteiger partial charge in [0.25, 0.3) is 0 Å². The fraction of sp³-hybridized carbons (Fsp3) is 0.917. The summed E-state index contributed by atoms with van der Waals surface area (Å²) in [7, 11) is 0. The van der Waals surface area contributed by atoms with Crippen molar-refractivity contribution in [2.45, 2.75) is 71.0 Å². The summed E-state index contributed by atoms with van der Waals surface area (Å²) in [6.45, 7) is 4.82. The first kappa shape index (κ1) is 16.3. The maximum absolute atomic E-state index is 13.2. The second-order valence-electron chi connectivity index (χ2n) is 4.47. The van der Waals surface area contributed by atoms with Gasteiger partial charge in [0.1, 0.15) is 5.54 Å². The van der Waals surface area contributed by atoms with E-state index in [4.69, 9.17) is 0 Å². The Bertz CT molecular complexity index is 230. The average Bonchev–Trinajstić information content (AvgIpc) is 2.19. The summed E-state index contributed by atoms with van der Waals surface area (Å²) in [5.41, 5.74) is -2.04. The summed E-state index contributed by atoms with van der Waals surface area (Å²) in [5.74, 6) is -0.616. The number of carbonyl (C=O) groups excluding carboxylic acids is 1. The lowest BCUT2D eigenvalue weighted by atomic mass is 9.86. The summed E-state index contributed by atoms with van der Waals surface area (Å²) >= 11 is 0. The van der Waals surface area contributed by atoms with Crippen molar-refractivity contribution in [2.24, 2.45) is 0 Å². The van der Waals surface area contributed by atoms with Crippen molar-refractivity contribution in [3.05, 3.63) is 0 Å². The quantitative estimate of drug-likeness (QED) is 0.734. The van der Waals surface area contributed by atoms with Gasteiger partial charge in [-0.3, -0.25) is 4.79 Å². The molecule has 0 aliphatic heterocycles. The monoisotopic (exact) mass is 253 g/mol. The molecule has 0 heterocycles. The minimum Gasteiger partial charge on any atom is -0.342 e. The minimum atomic E-state index is -4.39. The van der Waals surface area contributed by atoms with E-state index in [1.807, 2.05) is 13.8 Å². The van der Waals surface area contributed by atoms with E-state index in [1.54, 1.807) is 0 Å². The lowest BCUT2D eigenvalue weighted by molar-refractivity contribution is -0.203. The molecule has 0 saturated heterocycles. The molecule has 2 nitrogen and oxygen atoms in total. The van der Waals surface area contributed by atoms with E-state index in [9.17, 15) is 18.0 Å². The molecule has 0 fully saturated rings. The number of carbonyl (C=O) groups is 1. The summed E-state index contributed by atoms with van der Waals surface area (Å²) in [6.07, 6.45) is -2.16. The normalized spacial score (nSPS) is 12.6. The molecule has 0 aromatic rings. The predicted molar refractivity (Wildman–Crippen MR) is 61.7 cm³/mol. The minimum absolute atomic E-state index is 0.0351. The molecule has 0 rings (SSSR count). The topological polar surface area (TPSA) is 29.1 Å². The van der Waals surface area contributed by atoms with E-state index in [-0.39, 0.29) is 12.8 Å². The van der Waals surface area contributed by atoms with Crippen LogP contribution in [0.15, 0.2) is 0 Å². The standard InChI is InChI=1S/C12H22F3NO/c1-4-6-8-11(9-7-5-2,12(13,14)15)16-10(3)17/h4-9H2,1-3H3,(H,16,17). The third kappa shape index (κ3) is 4.96. The first-order valence-corrected chi connectivity index (χ1v) is 6.14. The number of amides is 1. The molecule has 0 saturated carbocycles. The van der Waals surface area contributed by atoms with Crippen molar-refractivity contribution in [1.29, 1.82) is 0 Å². The van der Waals surface area contributed by atoms with Gasteiger partial charge in [-0.15, -0.1) is 0 Å². The van der Waals surface area contributed by atoms with Crippen molar-refractivity contribution >= 4 is 5.91 Å². The summed E-state index contributed by atoms with van der Waals surface area (Å²) in [6, 6.07) is 0. The number of hydrogen-bond acceptors (Lipinski definition) is 1. The van der Waals surface area contributed by atoms with Crippen LogP contribution < -0.4 is 5.32 Å². The van der Waals surface area contributed by atoms with Gasteiger partial charge >= 0.3 is 6.18 Å². The smallest absolute Gasteiger partial charge is 0.342 e. The Morgan fingerprint density at radius 3 is 1.71 bits per heavy atom. The van der Waals surface area contributed by atoms with Gasteiger partial charge in [0.15, 0.2) is 0 Å². The zero-order valence-electron chi connectivity index (χ0n) is 10.8. The molecule has 0 aromatic carbocycles. The molecule has 0 unspecified atom stereocenters. The van der Waals surface area contributed by atoms with E-state index in [2.05, 4.69) is 5.32 Å². The van der Waals surface area contributed by atoms with Gasteiger partial charge in [-0.25, -0.2) is 0 Å². The number of alkyl halides is 3. The molecular weight excluding hydrogens is 231 g/mol. The van der Waals surface area contributed by atoms with Crippen LogP contribution in [0.4, 0.5) is 13.2 Å². The van der Waals surface area contributed by atoms with Gasteiger partial charge < -0.3 is 5.32 Å². The highest BCUT2D eigenvalue weighted by atomic mass is 19.4. The summed E-state index contributed by atoms with van der Waals surface area (Å²) < 4.78 is 39.5. The molecule has 102 valence electrons. The number of nitrogens with one attached hydrogen (secondary N) is 1. The second kappa shape index (κ2) is 6.87. The highest BCUT2D eigenvalue weighted by Gasteiger charge is 2.53. The first-order chi connectivity index (χ1) is 7.79. The van der Waals surface area contributed by atoms with Gasteiger partial charge in [-0.2, -0.15) is 13.2 Å². The van der Waals surface area contributed by atoms with Gasteiger partial charge in [0, 0.05) is 6.92 Å². The maximum Gasteiger partial charge on any atom is 0.411 e. The lowest BCUT2D eigenvalue weighted by Gasteiger charge is -2.36. The highest BCUT2D eigenvalue weighted by Crippen LogP contribution is 2.38. The molecule has 0 atom stereocenters. The van der Waals surface area contributed by atoms with E-state index in [0.29, 0.717) is 25.7 Å². The molecule has 0 aliphatic rings. The molecule has 5 heteroatoms. The Hall–Kier alpha value is -0.740. The van der Waals surface area contributed by atoms with E-state index in [1.165, 1.54) is 0 Å². The molecule has 0 aromatic heterocycles. The maximum atomic E-state index is 13.2. The van der Waals surface area contributed by atoms with E-state index in [0.717, 1.165) is 6.92 Å². The van der Waals surface area contributed by atoms with Crippen LogP contribution in [-0.2, 0) is 4.79 Å². The number of unbranched alkanes of at least 4 members (excludes halogenated alkanes) is 2. The molecular formula is C12H22F3NO. The van der Waals surface area contributed by atoms with Crippen LogP contribution in [0.25, 0.3) is 0 Å². The second-order valence-corrected chi connectivity index (χ2v) is 4.47. The van der Waals surface area contributed by atoms with Crippen LogP contribution >= 0.6 is 0 Å². The zero-order valence-corrected chi connectivity index (χ0v) is 10.8. The summed E-state index contributed by atoms with van der Waals surface area (Å²) in [5, 5.41) is 2.14. The molecule has 0 bridgehead atoms. The van der Waals surface area contributed by atoms with Crippen LogP contribution in [0, 0.1) is 0 Å². The van der Waals surface area contributed by atoms with Crippen LogP contribution in [0.2, 0.25) is 0 Å². The van der Waals surface area contributed by atoms with Crippen molar-refractivity contribution in [1.82, 2.24) is 5.32 Å². The van der Waals surface area contributed by atoms with E-state index >= 15 is 0 Å². The molecule has 1 amide bonds. The third-order valence-corrected chi connectivity index (χ3v) is 2.87. The number of hydrogen-bond donors (Lipinski definition) is 1. The Morgan fingerprint density at radius 1 is 1.06 bits per heavy atom. The first-order valence-electron chi connectivity index (χ1n) is 6.14. The van der Waals surface area contributed by atoms with Gasteiger partial charge in [0.05, 0.1) is 0 Å². The summed E-state index contributed by atoms with van der Waals surface area (Å²) in [4.78, 5) is 11.0. The van der Waals surface area contributed by atoms with Gasteiger partial charge in [0.2, 0.25) is 5.91 Å². The lowest BCUT2D eigenvalue weighted by Crippen LogP contribution is -2.58. The Labute approximate surface area is 101 Å². The molecule has 0 aliphatic carbocycles. The largest absolute Gasteiger partial charge is 0.411 e. The van der Waals surface area contributed by atoms with Crippen LogP contribution in [0.3, 0.4) is 0 Å². The Kier molecular flexibility index (Phi) is 6.57. The fourth-order valence-electron chi connectivity index (χ4n) is 1.90. The molecule has 0 radical (unpaired) electrons. The fourth-order valence-corrected chi connectivity index (χ4v) is 1.90. The van der Waals surface area contributed by atoms with Crippen LogP contribution in [-0.4, -0.2) is 17.6 Å². The Balaban J connectivity index is 4.98. The van der Waals surface area contributed by atoms with Crippen LogP contribution in [0.1, 0.15) is 59.3 Å². The molecule has 0 spiro atoms. The van der Waals surface area contributed by atoms with Crippen LogP contribution in [0.5, 0.6) is 0 Å². The zero-order chi connectivity index (χ0) is 13.5. The van der Waals surface area contributed by atoms with Crippen molar-refractivity contribution in [3.63, 3.8) is 0 Å². The van der Waals surface area contributed by atoms with Gasteiger partial charge in [-0.1, -0.05) is 39.5 Å². The van der Waals surface area contributed by atoms with Crippen molar-refractivity contribution in [2.75, 3.05) is 0 Å². The predicted octanol–water partition coefficient (Wildman–Crippen LogP) is 3.80. The highest BCUT2D eigenvalue weighted by molar-refractivity contribution is 5.74. The molecule has 1 N–H and O–H groups in total. The van der Waals surface area contributed by atoms with E-state index < -0.39 is 17.6 Å². The SMILES string of the molecule is CCCCC(CCCC)(NC(C)=O)C(F)(F)F. The molecule has 17 heavy (non-hydrogen) atoms. The van der Waals surface area contributed by atoms with Gasteiger partial charge in [-0.05, 0) is 12.8 Å².